The molecule has 0 unspecified atom stereocenters. The number of nitrogens with one attached hydrogen (secondary N) is 2. The second-order valence-electron chi connectivity index (χ2n) is 6.64. The van der Waals surface area contributed by atoms with E-state index in [1.165, 1.54) is 32.1 Å². The Morgan fingerprint density at radius 1 is 1.43 bits per heavy atom. The summed E-state index contributed by atoms with van der Waals surface area (Å²) in [6.45, 7) is 2.85. The van der Waals surface area contributed by atoms with Crippen molar-refractivity contribution in [1.29, 1.82) is 0 Å². The van der Waals surface area contributed by atoms with Gasteiger partial charge in [0.15, 0.2) is 0 Å². The highest BCUT2D eigenvalue weighted by molar-refractivity contribution is 6.31. The van der Waals surface area contributed by atoms with Gasteiger partial charge < -0.3 is 0 Å². The molecule has 21 heavy (non-hydrogen) atoms. The molecule has 1 atom stereocenters. The Kier molecular flexibility index (Phi) is 3.34. The molecule has 2 bridgehead atoms. The number of hydrogen-bond donors (Lipinski definition) is 2. The van der Waals surface area contributed by atoms with Crippen LogP contribution >= 0.6 is 11.6 Å². The van der Waals surface area contributed by atoms with E-state index in [1.807, 2.05) is 13.0 Å². The van der Waals surface area contributed by atoms with Crippen LogP contribution in [-0.4, -0.2) is 22.4 Å². The zero-order valence-electron chi connectivity index (χ0n) is 12.2. The second-order valence-corrected chi connectivity index (χ2v) is 7.04. The first-order valence-electron chi connectivity index (χ1n) is 7.76. The number of halogens is 1. The molecule has 0 aromatic carbocycles. The number of rotatable bonds is 2. The van der Waals surface area contributed by atoms with Crippen molar-refractivity contribution < 1.29 is 4.84 Å². The normalized spacial score (nSPS) is 35.5. The standard InChI is InChI=1S/C15H21ClN4O/c1-10-6-14(17-8-13(10)16)19-20-18-9-15(21-20)7-11-2-4-12(15)5-3-11/h6,8,11-12,18H,2-5,7,9H2,1H3,(H,17,19)/t11?,12?,15-/m0/s1. The molecule has 1 aromatic heterocycles. The van der Waals surface area contributed by atoms with Crippen molar-refractivity contribution in [3.05, 3.63) is 22.8 Å². The van der Waals surface area contributed by atoms with E-state index < -0.39 is 0 Å². The first-order valence-corrected chi connectivity index (χ1v) is 8.14. The number of pyridine rings is 1. The highest BCUT2D eigenvalue weighted by atomic mass is 35.5. The minimum absolute atomic E-state index is 0.0182. The van der Waals surface area contributed by atoms with Crippen LogP contribution in [0.4, 0.5) is 5.82 Å². The summed E-state index contributed by atoms with van der Waals surface area (Å²) in [5.74, 6) is 2.26. The summed E-state index contributed by atoms with van der Waals surface area (Å²) in [4.78, 5) is 10.5. The van der Waals surface area contributed by atoms with Crippen LogP contribution in [0, 0.1) is 18.8 Å². The Labute approximate surface area is 129 Å². The number of nitrogens with zero attached hydrogens (tertiary/aromatic N) is 2. The van der Waals surface area contributed by atoms with E-state index in [0.717, 1.165) is 23.8 Å². The minimum Gasteiger partial charge on any atom is -0.265 e. The summed E-state index contributed by atoms with van der Waals surface area (Å²) >= 11 is 6.01. The van der Waals surface area contributed by atoms with Crippen molar-refractivity contribution in [1.82, 2.24) is 15.7 Å². The molecule has 1 saturated heterocycles. The van der Waals surface area contributed by atoms with Crippen LogP contribution in [0.25, 0.3) is 0 Å². The van der Waals surface area contributed by atoms with Crippen molar-refractivity contribution in [2.45, 2.75) is 44.6 Å². The SMILES string of the molecule is Cc1cc(NN2NC[C@]3(CC4CCC3CC4)O2)ncc1Cl. The summed E-state index contributed by atoms with van der Waals surface area (Å²) in [7, 11) is 0. The van der Waals surface area contributed by atoms with E-state index in [9.17, 15) is 0 Å². The molecule has 114 valence electrons. The van der Waals surface area contributed by atoms with Crippen molar-refractivity contribution in [3.8, 4) is 0 Å². The van der Waals surface area contributed by atoms with Crippen LogP contribution in [-0.2, 0) is 4.84 Å². The van der Waals surface area contributed by atoms with Gasteiger partial charge in [-0.05, 0) is 67.8 Å². The molecule has 6 heteroatoms. The molecule has 2 N–H and O–H groups in total. The summed E-state index contributed by atoms with van der Waals surface area (Å²) in [6, 6.07) is 1.92. The fourth-order valence-electron chi connectivity index (χ4n) is 4.10. The van der Waals surface area contributed by atoms with E-state index in [4.69, 9.17) is 16.4 Å². The third-order valence-electron chi connectivity index (χ3n) is 5.28. The number of fused-ring (bicyclic) bond motifs is 2. The van der Waals surface area contributed by atoms with Crippen LogP contribution in [0.3, 0.4) is 0 Å². The Morgan fingerprint density at radius 3 is 2.90 bits per heavy atom. The zero-order chi connectivity index (χ0) is 14.4. The molecule has 4 fully saturated rings. The maximum absolute atomic E-state index is 6.24. The number of anilines is 1. The molecule has 3 saturated carbocycles. The Morgan fingerprint density at radius 2 is 2.24 bits per heavy atom. The highest BCUT2D eigenvalue weighted by Gasteiger charge is 2.52. The monoisotopic (exact) mass is 308 g/mol. The average molecular weight is 309 g/mol. The molecule has 0 amide bonds. The summed E-state index contributed by atoms with van der Waals surface area (Å²) in [6.07, 6.45) is 8.20. The van der Waals surface area contributed by atoms with Crippen LogP contribution in [0.2, 0.25) is 5.02 Å². The molecule has 0 radical (unpaired) electrons. The van der Waals surface area contributed by atoms with Crippen molar-refractivity contribution >= 4 is 17.4 Å². The molecule has 1 aromatic rings. The van der Waals surface area contributed by atoms with Crippen molar-refractivity contribution in [3.63, 3.8) is 0 Å². The highest BCUT2D eigenvalue weighted by Crippen LogP contribution is 2.50. The lowest BCUT2D eigenvalue weighted by molar-refractivity contribution is -0.235. The lowest BCUT2D eigenvalue weighted by atomic mass is 9.62. The van der Waals surface area contributed by atoms with E-state index in [2.05, 4.69) is 15.8 Å². The lowest BCUT2D eigenvalue weighted by Gasteiger charge is -2.47. The summed E-state index contributed by atoms with van der Waals surface area (Å²) < 4.78 is 0. The number of aromatic nitrogens is 1. The van der Waals surface area contributed by atoms with Crippen molar-refractivity contribution in [2.75, 3.05) is 12.0 Å². The zero-order valence-corrected chi connectivity index (χ0v) is 13.0. The molecule has 2 heterocycles. The van der Waals surface area contributed by atoms with Crippen LogP contribution in [0.1, 0.15) is 37.7 Å². The van der Waals surface area contributed by atoms with Gasteiger partial charge in [0.25, 0.3) is 0 Å². The second kappa shape index (κ2) is 5.09. The van der Waals surface area contributed by atoms with Gasteiger partial charge in [-0.1, -0.05) is 11.6 Å². The van der Waals surface area contributed by atoms with E-state index in [0.29, 0.717) is 10.9 Å². The quantitative estimate of drug-likeness (QED) is 0.879. The van der Waals surface area contributed by atoms with E-state index in [-0.39, 0.29) is 5.60 Å². The molecular weight excluding hydrogens is 288 g/mol. The maximum Gasteiger partial charge on any atom is 0.143 e. The number of aryl methyl sites for hydroxylation is 1. The topological polar surface area (TPSA) is 49.4 Å². The Bertz CT molecular complexity index is 546. The van der Waals surface area contributed by atoms with Crippen molar-refractivity contribution in [2.24, 2.45) is 11.8 Å². The lowest BCUT2D eigenvalue weighted by Crippen LogP contribution is -2.50. The maximum atomic E-state index is 6.24. The first-order chi connectivity index (χ1) is 10.1. The largest absolute Gasteiger partial charge is 0.265 e. The van der Waals surface area contributed by atoms with E-state index >= 15 is 0 Å². The Hall–Kier alpha value is -0.880. The number of hydrogen-bond acceptors (Lipinski definition) is 5. The van der Waals surface area contributed by atoms with Crippen LogP contribution < -0.4 is 10.9 Å². The van der Waals surface area contributed by atoms with Gasteiger partial charge in [0.2, 0.25) is 0 Å². The molecule has 1 spiro atoms. The molecule has 5 nitrogen and oxygen atoms in total. The summed E-state index contributed by atoms with van der Waals surface area (Å²) in [5.41, 5.74) is 7.46. The minimum atomic E-state index is -0.0182. The smallest absolute Gasteiger partial charge is 0.143 e. The van der Waals surface area contributed by atoms with Crippen LogP contribution in [0.5, 0.6) is 0 Å². The fourth-order valence-corrected chi connectivity index (χ4v) is 4.20. The van der Waals surface area contributed by atoms with Gasteiger partial charge in [-0.25, -0.2) is 10.4 Å². The third-order valence-corrected chi connectivity index (χ3v) is 5.68. The third kappa shape index (κ3) is 2.42. The predicted molar refractivity (Wildman–Crippen MR) is 81.3 cm³/mol. The molecule has 5 rings (SSSR count). The predicted octanol–water partition coefficient (Wildman–Crippen LogP) is 3.07. The fraction of sp³-hybridized carbons (Fsp3) is 0.667. The first kappa shape index (κ1) is 13.8. The average Bonchev–Trinajstić information content (AvgIpc) is 2.87. The molecular formula is C15H21ClN4O. The van der Waals surface area contributed by atoms with Gasteiger partial charge in [-0.3, -0.25) is 10.3 Å². The Balaban J connectivity index is 1.45. The van der Waals surface area contributed by atoms with Gasteiger partial charge in [0.05, 0.1) is 5.02 Å². The van der Waals surface area contributed by atoms with Gasteiger partial charge >= 0.3 is 0 Å². The molecule has 1 aliphatic heterocycles. The van der Waals surface area contributed by atoms with Gasteiger partial charge in [-0.15, -0.1) is 0 Å². The summed E-state index contributed by atoms with van der Waals surface area (Å²) in [5, 5.41) is 2.31. The van der Waals surface area contributed by atoms with Crippen LogP contribution in [0.15, 0.2) is 12.3 Å². The van der Waals surface area contributed by atoms with Gasteiger partial charge in [0.1, 0.15) is 11.4 Å². The molecule has 4 aliphatic rings. The van der Waals surface area contributed by atoms with Gasteiger partial charge in [0, 0.05) is 12.7 Å². The number of hydrazine groups is 2. The van der Waals surface area contributed by atoms with Gasteiger partial charge in [-0.2, -0.15) is 0 Å². The van der Waals surface area contributed by atoms with E-state index in [1.54, 1.807) is 11.5 Å². The molecule has 3 aliphatic carbocycles.